The minimum absolute atomic E-state index is 0.0784. The minimum Gasteiger partial charge on any atom is -0.343 e. The van der Waals surface area contributed by atoms with Crippen molar-refractivity contribution in [3.63, 3.8) is 0 Å². The van der Waals surface area contributed by atoms with Crippen LogP contribution < -0.4 is 0 Å². The summed E-state index contributed by atoms with van der Waals surface area (Å²) in [5.41, 5.74) is 0.919. The summed E-state index contributed by atoms with van der Waals surface area (Å²) in [6, 6.07) is 6.27. The van der Waals surface area contributed by atoms with Crippen molar-refractivity contribution in [3.8, 4) is 0 Å². The number of rotatable bonds is 6. The molecular formula is C14H17N3O3. The fourth-order valence-electron chi connectivity index (χ4n) is 2.15. The van der Waals surface area contributed by atoms with Gasteiger partial charge in [-0.1, -0.05) is 0 Å². The third-order valence-corrected chi connectivity index (χ3v) is 3.23. The summed E-state index contributed by atoms with van der Waals surface area (Å²) in [5.74, 6) is 0.240. The largest absolute Gasteiger partial charge is 0.343 e. The number of likely N-dealkylation sites (tertiary alicyclic amines) is 1. The molecular weight excluding hydrogens is 258 g/mol. The molecule has 6 heteroatoms. The molecule has 0 spiro atoms. The summed E-state index contributed by atoms with van der Waals surface area (Å²) in [4.78, 5) is 27.6. The molecule has 106 valence electrons. The lowest BCUT2D eigenvalue weighted by Crippen LogP contribution is -2.26. The second-order valence-electron chi connectivity index (χ2n) is 4.72. The second-order valence-corrected chi connectivity index (χ2v) is 4.72. The molecule has 0 aromatic heterocycles. The predicted molar refractivity (Wildman–Crippen MR) is 76.0 cm³/mol. The summed E-state index contributed by atoms with van der Waals surface area (Å²) in [6.07, 6.45) is 4.18. The molecule has 2 rings (SSSR count). The minimum atomic E-state index is -0.423. The first-order chi connectivity index (χ1) is 9.66. The van der Waals surface area contributed by atoms with E-state index in [0.717, 1.165) is 31.5 Å². The highest BCUT2D eigenvalue weighted by molar-refractivity contribution is 5.80. The number of benzene rings is 1. The Morgan fingerprint density at radius 2 is 2.10 bits per heavy atom. The fraction of sp³-hybridized carbons (Fsp3) is 0.429. The van der Waals surface area contributed by atoms with Crippen LogP contribution in [-0.4, -0.2) is 41.6 Å². The number of amides is 1. The normalized spacial score (nSPS) is 15.2. The van der Waals surface area contributed by atoms with Crippen molar-refractivity contribution in [3.05, 3.63) is 39.9 Å². The van der Waals surface area contributed by atoms with Gasteiger partial charge in [-0.2, -0.15) is 0 Å². The summed E-state index contributed by atoms with van der Waals surface area (Å²) in [5, 5.41) is 10.5. The zero-order valence-corrected chi connectivity index (χ0v) is 11.2. The van der Waals surface area contributed by atoms with E-state index in [1.54, 1.807) is 18.3 Å². The van der Waals surface area contributed by atoms with Crippen molar-refractivity contribution in [2.75, 3.05) is 19.6 Å². The predicted octanol–water partition coefficient (Wildman–Crippen LogP) is 2.03. The van der Waals surface area contributed by atoms with Gasteiger partial charge in [0, 0.05) is 44.4 Å². The zero-order valence-electron chi connectivity index (χ0n) is 11.2. The number of carbonyl (C=O) groups is 1. The number of hydrogen-bond acceptors (Lipinski definition) is 4. The number of aliphatic imine (C=N–C) groups is 1. The van der Waals surface area contributed by atoms with Gasteiger partial charge in [-0.3, -0.25) is 19.9 Å². The number of nitro groups is 1. The molecule has 6 nitrogen and oxygen atoms in total. The summed E-state index contributed by atoms with van der Waals surface area (Å²) in [7, 11) is 0. The van der Waals surface area contributed by atoms with Crippen LogP contribution in [0.1, 0.15) is 24.8 Å². The Morgan fingerprint density at radius 3 is 2.70 bits per heavy atom. The summed E-state index contributed by atoms with van der Waals surface area (Å²) < 4.78 is 0. The van der Waals surface area contributed by atoms with Gasteiger partial charge >= 0.3 is 0 Å². The molecule has 1 amide bonds. The molecule has 0 radical (unpaired) electrons. The van der Waals surface area contributed by atoms with Crippen LogP contribution in [0.4, 0.5) is 5.69 Å². The van der Waals surface area contributed by atoms with Crippen molar-refractivity contribution in [2.45, 2.75) is 19.3 Å². The molecule has 1 fully saturated rings. The van der Waals surface area contributed by atoms with Crippen LogP contribution >= 0.6 is 0 Å². The molecule has 0 saturated carbocycles. The Labute approximate surface area is 117 Å². The summed E-state index contributed by atoms with van der Waals surface area (Å²) >= 11 is 0. The SMILES string of the molecule is O=C1CCCN1CCCN=Cc1ccc([N+](=O)[O-])cc1. The Morgan fingerprint density at radius 1 is 1.35 bits per heavy atom. The van der Waals surface area contributed by atoms with Gasteiger partial charge < -0.3 is 4.90 Å². The van der Waals surface area contributed by atoms with Gasteiger partial charge in [-0.25, -0.2) is 0 Å². The van der Waals surface area contributed by atoms with Crippen molar-refractivity contribution < 1.29 is 9.72 Å². The van der Waals surface area contributed by atoms with Crippen molar-refractivity contribution in [1.29, 1.82) is 0 Å². The van der Waals surface area contributed by atoms with Gasteiger partial charge in [0.15, 0.2) is 0 Å². The van der Waals surface area contributed by atoms with Crippen LogP contribution in [0.2, 0.25) is 0 Å². The van der Waals surface area contributed by atoms with Crippen LogP contribution in [0.25, 0.3) is 0 Å². The Balaban J connectivity index is 1.73. The maximum atomic E-state index is 11.4. The standard InChI is InChI=1S/C14H17N3O3/c18-14-3-1-9-16(14)10-2-8-15-11-12-4-6-13(7-5-12)17(19)20/h4-7,11H,1-3,8-10H2. The Bertz CT molecular complexity index is 511. The molecule has 0 N–H and O–H groups in total. The molecule has 1 aromatic rings. The van der Waals surface area contributed by atoms with Crippen LogP contribution in [0, 0.1) is 10.1 Å². The van der Waals surface area contributed by atoms with E-state index in [9.17, 15) is 14.9 Å². The van der Waals surface area contributed by atoms with Gasteiger partial charge in [-0.05, 0) is 30.5 Å². The lowest BCUT2D eigenvalue weighted by Gasteiger charge is -2.13. The van der Waals surface area contributed by atoms with E-state index in [0.29, 0.717) is 13.0 Å². The Kier molecular flexibility index (Phi) is 4.81. The summed E-state index contributed by atoms with van der Waals surface area (Å²) in [6.45, 7) is 2.28. The first-order valence-electron chi connectivity index (χ1n) is 6.69. The van der Waals surface area contributed by atoms with Gasteiger partial charge in [-0.15, -0.1) is 0 Å². The number of nitrogens with zero attached hydrogens (tertiary/aromatic N) is 3. The highest BCUT2D eigenvalue weighted by atomic mass is 16.6. The van der Waals surface area contributed by atoms with E-state index in [4.69, 9.17) is 0 Å². The third kappa shape index (κ3) is 3.88. The number of nitro benzene ring substituents is 1. The molecule has 0 bridgehead atoms. The van der Waals surface area contributed by atoms with Gasteiger partial charge in [0.25, 0.3) is 5.69 Å². The maximum absolute atomic E-state index is 11.4. The van der Waals surface area contributed by atoms with E-state index in [2.05, 4.69) is 4.99 Å². The second kappa shape index (κ2) is 6.79. The number of non-ortho nitro benzene ring substituents is 1. The topological polar surface area (TPSA) is 75.8 Å². The van der Waals surface area contributed by atoms with Crippen LogP contribution in [0.15, 0.2) is 29.3 Å². The number of hydrogen-bond donors (Lipinski definition) is 0. The zero-order chi connectivity index (χ0) is 14.4. The lowest BCUT2D eigenvalue weighted by molar-refractivity contribution is -0.384. The molecule has 0 unspecified atom stereocenters. The van der Waals surface area contributed by atoms with E-state index in [-0.39, 0.29) is 11.6 Å². The highest BCUT2D eigenvalue weighted by Gasteiger charge is 2.18. The Hall–Kier alpha value is -2.24. The van der Waals surface area contributed by atoms with E-state index in [1.165, 1.54) is 12.1 Å². The van der Waals surface area contributed by atoms with Crippen molar-refractivity contribution in [2.24, 2.45) is 4.99 Å². The molecule has 1 saturated heterocycles. The van der Waals surface area contributed by atoms with Crippen molar-refractivity contribution >= 4 is 17.8 Å². The quantitative estimate of drug-likeness (QED) is 0.345. The van der Waals surface area contributed by atoms with Crippen LogP contribution in [0.5, 0.6) is 0 Å². The van der Waals surface area contributed by atoms with Crippen LogP contribution in [-0.2, 0) is 4.79 Å². The molecule has 1 aromatic carbocycles. The number of carbonyl (C=O) groups excluding carboxylic acids is 1. The van der Waals surface area contributed by atoms with Gasteiger partial charge in [0.1, 0.15) is 0 Å². The molecule has 0 aliphatic carbocycles. The average molecular weight is 275 g/mol. The molecule has 1 heterocycles. The lowest BCUT2D eigenvalue weighted by atomic mass is 10.2. The third-order valence-electron chi connectivity index (χ3n) is 3.23. The monoisotopic (exact) mass is 275 g/mol. The van der Waals surface area contributed by atoms with Crippen molar-refractivity contribution in [1.82, 2.24) is 4.90 Å². The first-order valence-corrected chi connectivity index (χ1v) is 6.69. The fourth-order valence-corrected chi connectivity index (χ4v) is 2.15. The molecule has 20 heavy (non-hydrogen) atoms. The smallest absolute Gasteiger partial charge is 0.269 e. The van der Waals surface area contributed by atoms with Gasteiger partial charge in [0.05, 0.1) is 4.92 Å². The van der Waals surface area contributed by atoms with E-state index in [1.807, 2.05) is 4.90 Å². The van der Waals surface area contributed by atoms with E-state index < -0.39 is 4.92 Å². The molecule has 1 aliphatic rings. The first kappa shape index (κ1) is 14.2. The van der Waals surface area contributed by atoms with Gasteiger partial charge in [0.2, 0.25) is 5.91 Å². The van der Waals surface area contributed by atoms with Crippen LogP contribution in [0.3, 0.4) is 0 Å². The van der Waals surface area contributed by atoms with E-state index >= 15 is 0 Å². The average Bonchev–Trinajstić information content (AvgIpc) is 2.84. The maximum Gasteiger partial charge on any atom is 0.269 e. The highest BCUT2D eigenvalue weighted by Crippen LogP contribution is 2.11. The molecule has 0 atom stereocenters. The molecule has 1 aliphatic heterocycles.